The van der Waals surface area contributed by atoms with Crippen LogP contribution in [0, 0.1) is 5.92 Å². The lowest BCUT2D eigenvalue weighted by Crippen LogP contribution is -2.34. The zero-order valence-corrected chi connectivity index (χ0v) is 18.3. The monoisotopic (exact) mass is 424 g/mol. The molecule has 0 saturated heterocycles. The molecule has 2 atom stereocenters. The third-order valence-electron chi connectivity index (χ3n) is 5.38. The minimum absolute atomic E-state index is 0.227. The number of ketones is 1. The molecule has 164 valence electrons. The van der Waals surface area contributed by atoms with Crippen LogP contribution in [0.2, 0.25) is 0 Å². The maximum Gasteiger partial charge on any atom is 0.317 e. The Morgan fingerprint density at radius 2 is 1.68 bits per heavy atom. The molecule has 0 aromatic heterocycles. The summed E-state index contributed by atoms with van der Waals surface area (Å²) >= 11 is 0. The van der Waals surface area contributed by atoms with E-state index in [0.29, 0.717) is 24.5 Å². The van der Waals surface area contributed by atoms with E-state index >= 15 is 0 Å². The molecule has 6 nitrogen and oxygen atoms in total. The molecule has 3 rings (SSSR count). The summed E-state index contributed by atoms with van der Waals surface area (Å²) < 4.78 is 21.5. The lowest BCUT2D eigenvalue weighted by Gasteiger charge is -2.29. The van der Waals surface area contributed by atoms with Crippen LogP contribution in [0.4, 0.5) is 0 Å². The predicted octanol–water partition coefficient (Wildman–Crippen LogP) is 4.42. The molecule has 6 heteroatoms. The lowest BCUT2D eigenvalue weighted by molar-refractivity contribution is -0.151. The van der Waals surface area contributed by atoms with Gasteiger partial charge in [-0.2, -0.15) is 0 Å². The van der Waals surface area contributed by atoms with Crippen molar-refractivity contribution in [2.45, 2.75) is 26.2 Å². The van der Waals surface area contributed by atoms with Crippen LogP contribution in [0.5, 0.6) is 17.2 Å². The van der Waals surface area contributed by atoms with E-state index in [-0.39, 0.29) is 18.3 Å². The van der Waals surface area contributed by atoms with E-state index in [1.165, 1.54) is 0 Å². The van der Waals surface area contributed by atoms with Gasteiger partial charge in [0.25, 0.3) is 0 Å². The largest absolute Gasteiger partial charge is 0.494 e. The van der Waals surface area contributed by atoms with Crippen molar-refractivity contribution in [2.75, 3.05) is 27.4 Å². The van der Waals surface area contributed by atoms with Crippen LogP contribution < -0.4 is 14.2 Å². The van der Waals surface area contributed by atoms with Gasteiger partial charge in [0.1, 0.15) is 11.7 Å². The Balaban J connectivity index is 2.00. The Hall–Kier alpha value is -3.28. The van der Waals surface area contributed by atoms with Gasteiger partial charge in [0, 0.05) is 5.92 Å². The molecule has 0 radical (unpaired) electrons. The van der Waals surface area contributed by atoms with Gasteiger partial charge < -0.3 is 18.9 Å². The van der Waals surface area contributed by atoms with Crippen molar-refractivity contribution in [3.8, 4) is 17.2 Å². The van der Waals surface area contributed by atoms with Crippen molar-refractivity contribution < 1.29 is 28.5 Å². The molecule has 0 unspecified atom stereocenters. The third kappa shape index (κ3) is 4.90. The lowest BCUT2D eigenvalue weighted by atomic mass is 9.73. The first-order valence-electron chi connectivity index (χ1n) is 10.4. The van der Waals surface area contributed by atoms with E-state index < -0.39 is 11.9 Å². The Labute approximate surface area is 182 Å². The normalized spacial score (nSPS) is 18.2. The van der Waals surface area contributed by atoms with Crippen molar-refractivity contribution in [1.29, 1.82) is 0 Å². The summed E-state index contributed by atoms with van der Waals surface area (Å²) in [6.07, 6.45) is 2.06. The van der Waals surface area contributed by atoms with E-state index in [4.69, 9.17) is 18.9 Å². The Kier molecular flexibility index (Phi) is 7.34. The molecule has 2 aromatic carbocycles. The SMILES string of the molecule is CCOC(=O)[C@H]1C(=O)C=C(c2ccc(OC)c(OC)c2)C[C@@H]1c1ccc(OCC)cc1. The Bertz CT molecular complexity index is 960. The second-order valence-electron chi connectivity index (χ2n) is 7.18. The number of hydrogen-bond donors (Lipinski definition) is 0. The molecule has 0 heterocycles. The van der Waals surface area contributed by atoms with Gasteiger partial charge in [-0.25, -0.2) is 0 Å². The Morgan fingerprint density at radius 1 is 0.968 bits per heavy atom. The van der Waals surface area contributed by atoms with Crippen molar-refractivity contribution in [1.82, 2.24) is 0 Å². The fourth-order valence-electron chi connectivity index (χ4n) is 3.91. The highest BCUT2D eigenvalue weighted by atomic mass is 16.5. The van der Waals surface area contributed by atoms with Crippen molar-refractivity contribution >= 4 is 17.3 Å². The van der Waals surface area contributed by atoms with Gasteiger partial charge in [-0.1, -0.05) is 18.2 Å². The smallest absolute Gasteiger partial charge is 0.317 e. The number of ether oxygens (including phenoxy) is 4. The van der Waals surface area contributed by atoms with Crippen molar-refractivity contribution in [3.63, 3.8) is 0 Å². The van der Waals surface area contributed by atoms with Crippen LogP contribution in [0.25, 0.3) is 5.57 Å². The molecular formula is C25H28O6. The first-order chi connectivity index (χ1) is 15.0. The van der Waals surface area contributed by atoms with Crippen LogP contribution in [0.3, 0.4) is 0 Å². The fourth-order valence-corrected chi connectivity index (χ4v) is 3.91. The van der Waals surface area contributed by atoms with E-state index in [2.05, 4.69) is 0 Å². The molecule has 0 saturated carbocycles. The topological polar surface area (TPSA) is 71.1 Å². The summed E-state index contributed by atoms with van der Waals surface area (Å²) in [5.74, 6) is -0.0175. The predicted molar refractivity (Wildman–Crippen MR) is 118 cm³/mol. The molecule has 0 aliphatic heterocycles. The second kappa shape index (κ2) is 10.2. The highest BCUT2D eigenvalue weighted by molar-refractivity contribution is 6.10. The average Bonchev–Trinajstić information content (AvgIpc) is 2.78. The molecule has 2 aromatic rings. The van der Waals surface area contributed by atoms with Gasteiger partial charge in [0.15, 0.2) is 17.3 Å². The van der Waals surface area contributed by atoms with Crippen LogP contribution in [-0.4, -0.2) is 39.2 Å². The summed E-state index contributed by atoms with van der Waals surface area (Å²) in [6, 6.07) is 13.1. The van der Waals surface area contributed by atoms with Gasteiger partial charge >= 0.3 is 5.97 Å². The van der Waals surface area contributed by atoms with E-state index in [1.54, 1.807) is 27.2 Å². The van der Waals surface area contributed by atoms with E-state index in [1.807, 2.05) is 49.4 Å². The summed E-state index contributed by atoms with van der Waals surface area (Å²) in [6.45, 7) is 4.45. The number of esters is 1. The number of rotatable bonds is 8. The summed E-state index contributed by atoms with van der Waals surface area (Å²) in [7, 11) is 3.15. The third-order valence-corrected chi connectivity index (χ3v) is 5.38. The molecule has 0 bridgehead atoms. The van der Waals surface area contributed by atoms with Gasteiger partial charge in [-0.3, -0.25) is 9.59 Å². The number of methoxy groups -OCH3 is 2. The molecule has 0 fully saturated rings. The van der Waals surface area contributed by atoms with Gasteiger partial charge in [-0.05, 0) is 67.3 Å². The molecule has 0 N–H and O–H groups in total. The second-order valence-corrected chi connectivity index (χ2v) is 7.18. The fraction of sp³-hybridized carbons (Fsp3) is 0.360. The summed E-state index contributed by atoms with van der Waals surface area (Å²) in [5, 5.41) is 0. The summed E-state index contributed by atoms with van der Waals surface area (Å²) in [4.78, 5) is 25.7. The number of carbonyl (C=O) groups excluding carboxylic acids is 2. The van der Waals surface area contributed by atoms with Crippen LogP contribution in [0.1, 0.15) is 37.3 Å². The van der Waals surface area contributed by atoms with E-state index in [9.17, 15) is 9.59 Å². The first-order valence-corrected chi connectivity index (χ1v) is 10.4. The van der Waals surface area contributed by atoms with Crippen molar-refractivity contribution in [3.05, 3.63) is 59.7 Å². The van der Waals surface area contributed by atoms with Gasteiger partial charge in [-0.15, -0.1) is 0 Å². The quantitative estimate of drug-likeness (QED) is 0.461. The maximum atomic E-state index is 13.1. The number of benzene rings is 2. The van der Waals surface area contributed by atoms with Crippen molar-refractivity contribution in [2.24, 2.45) is 5.92 Å². The van der Waals surface area contributed by atoms with Gasteiger partial charge in [0.05, 0.1) is 27.4 Å². The minimum atomic E-state index is -0.873. The molecule has 31 heavy (non-hydrogen) atoms. The highest BCUT2D eigenvalue weighted by Crippen LogP contribution is 2.42. The zero-order chi connectivity index (χ0) is 22.4. The van der Waals surface area contributed by atoms with Gasteiger partial charge in [0.2, 0.25) is 0 Å². The van der Waals surface area contributed by atoms with Crippen LogP contribution in [0.15, 0.2) is 48.5 Å². The van der Waals surface area contributed by atoms with Crippen LogP contribution >= 0.6 is 0 Å². The average molecular weight is 424 g/mol. The van der Waals surface area contributed by atoms with E-state index in [0.717, 1.165) is 22.4 Å². The zero-order valence-electron chi connectivity index (χ0n) is 18.3. The highest BCUT2D eigenvalue weighted by Gasteiger charge is 2.39. The van der Waals surface area contributed by atoms with Crippen LogP contribution in [-0.2, 0) is 14.3 Å². The molecule has 1 aliphatic carbocycles. The minimum Gasteiger partial charge on any atom is -0.494 e. The number of carbonyl (C=O) groups is 2. The standard InChI is InChI=1S/C25H28O6/c1-5-30-19-10-7-16(8-11-19)20-13-18(14-21(26)24(20)25(27)31-6-2)17-9-12-22(28-3)23(15-17)29-4/h7-12,14-15,20,24H,5-6,13H2,1-4H3/t20-,24-/m1/s1. The maximum absolute atomic E-state index is 13.1. The molecule has 0 spiro atoms. The first kappa shape index (κ1) is 22.4. The molecule has 1 aliphatic rings. The molecule has 0 amide bonds. The summed E-state index contributed by atoms with van der Waals surface area (Å²) in [5.41, 5.74) is 2.58. The Morgan fingerprint density at radius 3 is 2.29 bits per heavy atom. The molecular weight excluding hydrogens is 396 g/mol. The number of allylic oxidation sites excluding steroid dienone is 2. The number of hydrogen-bond acceptors (Lipinski definition) is 6.